The van der Waals surface area contributed by atoms with Crippen LogP contribution in [-0.2, 0) is 4.79 Å². The Morgan fingerprint density at radius 1 is 1.20 bits per heavy atom. The molecule has 2 aromatic heterocycles. The monoisotopic (exact) mass is 623 g/mol. The zero-order valence-corrected chi connectivity index (χ0v) is 25.7. The van der Waals surface area contributed by atoms with Crippen LogP contribution in [0, 0.1) is 17.1 Å². The number of amides is 1. The number of likely N-dealkylation sites (N-methyl/N-ethyl adjacent to an activating group) is 1. The molecule has 3 aromatic carbocycles. The lowest BCUT2D eigenvalue weighted by atomic mass is 9.95. The van der Waals surface area contributed by atoms with E-state index >= 15 is 4.39 Å². The van der Waals surface area contributed by atoms with Crippen molar-refractivity contribution < 1.29 is 14.3 Å². The van der Waals surface area contributed by atoms with Crippen molar-refractivity contribution in [3.63, 3.8) is 0 Å². The number of carbonyl (C=O) groups is 1. The Balaban J connectivity index is 1.46. The van der Waals surface area contributed by atoms with Gasteiger partial charge in [-0.3, -0.25) is 4.79 Å². The first-order valence-corrected chi connectivity index (χ1v) is 15.2. The zero-order valence-electron chi connectivity index (χ0n) is 24.9. The van der Waals surface area contributed by atoms with E-state index < -0.39 is 5.82 Å². The van der Waals surface area contributed by atoms with Crippen molar-refractivity contribution in [3.8, 4) is 22.9 Å². The summed E-state index contributed by atoms with van der Waals surface area (Å²) in [7, 11) is 4.06. The molecule has 1 amide bonds. The predicted octanol–water partition coefficient (Wildman–Crippen LogP) is 5.89. The van der Waals surface area contributed by atoms with Crippen LogP contribution >= 0.6 is 11.6 Å². The first-order valence-electron chi connectivity index (χ1n) is 14.8. The average molecular weight is 624 g/mol. The number of rotatable bonds is 6. The smallest absolute Gasteiger partial charge is 0.246 e. The first kappa shape index (κ1) is 29.0. The van der Waals surface area contributed by atoms with E-state index in [1.807, 2.05) is 42.9 Å². The summed E-state index contributed by atoms with van der Waals surface area (Å²) in [5, 5.41) is 22.2. The van der Waals surface area contributed by atoms with Gasteiger partial charge in [0, 0.05) is 42.7 Å². The minimum atomic E-state index is -0.592. The molecule has 45 heavy (non-hydrogen) atoms. The van der Waals surface area contributed by atoms with E-state index in [4.69, 9.17) is 21.6 Å². The van der Waals surface area contributed by atoms with Gasteiger partial charge in [-0.15, -0.1) is 0 Å². The van der Waals surface area contributed by atoms with Gasteiger partial charge in [0.05, 0.1) is 35.4 Å². The number of pyridine rings is 1. The molecule has 2 unspecified atom stereocenters. The normalized spacial score (nSPS) is 18.7. The molecule has 228 valence electrons. The van der Waals surface area contributed by atoms with Gasteiger partial charge in [0.1, 0.15) is 16.8 Å². The number of nitrogens with zero attached hydrogens (tertiary/aromatic N) is 7. The van der Waals surface area contributed by atoms with Crippen molar-refractivity contribution in [2.45, 2.75) is 31.0 Å². The van der Waals surface area contributed by atoms with E-state index in [9.17, 15) is 15.2 Å². The fourth-order valence-electron chi connectivity index (χ4n) is 6.83. The molecule has 11 heteroatoms. The van der Waals surface area contributed by atoms with Crippen molar-refractivity contribution in [3.05, 3.63) is 72.3 Å². The van der Waals surface area contributed by atoms with Crippen LogP contribution < -0.4 is 4.90 Å². The van der Waals surface area contributed by atoms with Crippen LogP contribution in [0.1, 0.15) is 18.9 Å². The molecule has 0 spiro atoms. The van der Waals surface area contributed by atoms with Gasteiger partial charge in [0.15, 0.2) is 11.6 Å². The second-order valence-electron chi connectivity index (χ2n) is 12.1. The van der Waals surface area contributed by atoms with E-state index in [-0.39, 0.29) is 46.3 Å². The standard InChI is InChI=1S/C34H31ClFN7O2/c1-4-28(45)42-17-21(12-20(42)9-10-37)43-18-38-32-33(43)26-14-27(35)29(25-13-23(44)11-19-7-5-6-8-24(19)25)30(36)31(26)39-34(32)41-15-22(16-41)40(2)3/h4-8,11,13-14,18,20-22,44H,1,9,12,15-17H2,2-3H3. The third-order valence-corrected chi connectivity index (χ3v) is 9.55. The largest absolute Gasteiger partial charge is 0.508 e. The van der Waals surface area contributed by atoms with Crippen LogP contribution in [0.25, 0.3) is 43.8 Å². The summed E-state index contributed by atoms with van der Waals surface area (Å²) in [5.41, 5.74) is 2.07. The average Bonchev–Trinajstić information content (AvgIpc) is 3.61. The molecule has 0 radical (unpaired) electrons. The number of hydrogen-bond donors (Lipinski definition) is 1. The summed E-state index contributed by atoms with van der Waals surface area (Å²) in [6, 6.07) is 14.4. The molecule has 2 aliphatic rings. The number of aromatic nitrogens is 3. The minimum Gasteiger partial charge on any atom is -0.508 e. The molecule has 4 heterocycles. The maximum absolute atomic E-state index is 17.0. The number of carbonyl (C=O) groups excluding carboxylic acids is 1. The maximum Gasteiger partial charge on any atom is 0.246 e. The second kappa shape index (κ2) is 11.0. The van der Waals surface area contributed by atoms with Crippen LogP contribution in [0.15, 0.2) is 61.4 Å². The number of benzene rings is 3. The Kier molecular flexibility index (Phi) is 7.10. The van der Waals surface area contributed by atoms with Crippen LogP contribution in [0.5, 0.6) is 5.75 Å². The third-order valence-electron chi connectivity index (χ3n) is 9.25. The van der Waals surface area contributed by atoms with Crippen LogP contribution in [-0.4, -0.2) is 81.2 Å². The van der Waals surface area contributed by atoms with Crippen molar-refractivity contribution in [1.82, 2.24) is 24.3 Å². The van der Waals surface area contributed by atoms with Gasteiger partial charge in [-0.25, -0.2) is 14.4 Å². The summed E-state index contributed by atoms with van der Waals surface area (Å²) in [4.78, 5) is 28.3. The molecule has 7 rings (SSSR count). The molecule has 5 aromatic rings. The molecule has 0 saturated carbocycles. The lowest BCUT2D eigenvalue weighted by Crippen LogP contribution is -2.57. The Labute approximate surface area is 264 Å². The lowest BCUT2D eigenvalue weighted by molar-refractivity contribution is -0.126. The van der Waals surface area contributed by atoms with Crippen molar-refractivity contribution in [2.24, 2.45) is 0 Å². The minimum absolute atomic E-state index is 0.00327. The van der Waals surface area contributed by atoms with E-state index in [1.165, 1.54) is 12.1 Å². The van der Waals surface area contributed by atoms with E-state index in [2.05, 4.69) is 22.4 Å². The number of fused-ring (bicyclic) bond motifs is 4. The number of anilines is 1. The predicted molar refractivity (Wildman–Crippen MR) is 174 cm³/mol. The summed E-state index contributed by atoms with van der Waals surface area (Å²) in [5.74, 6) is -0.246. The Morgan fingerprint density at radius 2 is 1.98 bits per heavy atom. The second-order valence-corrected chi connectivity index (χ2v) is 12.5. The van der Waals surface area contributed by atoms with Gasteiger partial charge in [-0.05, 0) is 61.1 Å². The third kappa shape index (κ3) is 4.66. The SMILES string of the molecule is C=CC(=O)N1CC(n2cnc3c(N4CC(N(C)C)C4)nc4c(F)c(-c5cc(O)cc6ccccc56)c(Cl)cc4c32)CC1CC#N. The molecular formula is C34H31ClFN7O2. The zero-order chi connectivity index (χ0) is 31.6. The summed E-state index contributed by atoms with van der Waals surface area (Å²) in [6.07, 6.45) is 3.71. The van der Waals surface area contributed by atoms with E-state index in [0.717, 1.165) is 10.8 Å². The molecule has 2 saturated heterocycles. The maximum atomic E-state index is 17.0. The lowest BCUT2D eigenvalue weighted by Gasteiger charge is -2.43. The first-order chi connectivity index (χ1) is 21.7. The molecule has 2 atom stereocenters. The number of phenols is 1. The van der Waals surface area contributed by atoms with Crippen molar-refractivity contribution in [2.75, 3.05) is 38.6 Å². The quantitative estimate of drug-likeness (QED) is 0.235. The molecule has 0 bridgehead atoms. The number of likely N-dealkylation sites (tertiary alicyclic amines) is 1. The number of imidazole rings is 1. The molecule has 9 nitrogen and oxygen atoms in total. The van der Waals surface area contributed by atoms with Gasteiger partial charge < -0.3 is 24.4 Å². The highest BCUT2D eigenvalue weighted by molar-refractivity contribution is 6.35. The van der Waals surface area contributed by atoms with Crippen LogP contribution in [0.2, 0.25) is 5.02 Å². The number of phenolic OH excluding ortho intramolecular Hbond substituents is 1. The van der Waals surface area contributed by atoms with Gasteiger partial charge in [0.2, 0.25) is 5.91 Å². The highest BCUT2D eigenvalue weighted by Crippen LogP contribution is 2.44. The van der Waals surface area contributed by atoms with E-state index in [1.54, 1.807) is 23.4 Å². The molecule has 2 fully saturated rings. The Bertz CT molecular complexity index is 2060. The Hall–Kier alpha value is -4.72. The van der Waals surface area contributed by atoms with Crippen LogP contribution in [0.3, 0.4) is 0 Å². The number of aromatic hydroxyl groups is 1. The van der Waals surface area contributed by atoms with E-state index in [0.29, 0.717) is 59.9 Å². The summed E-state index contributed by atoms with van der Waals surface area (Å²) in [6.45, 7) is 5.42. The fraction of sp³-hybridized carbons (Fsp3) is 0.294. The number of nitriles is 1. The number of hydrogen-bond acceptors (Lipinski definition) is 7. The fourth-order valence-corrected chi connectivity index (χ4v) is 7.12. The van der Waals surface area contributed by atoms with Crippen LogP contribution in [0.4, 0.5) is 10.2 Å². The molecule has 0 aliphatic carbocycles. The van der Waals surface area contributed by atoms with Gasteiger partial charge in [-0.1, -0.05) is 42.4 Å². The van der Waals surface area contributed by atoms with Gasteiger partial charge in [0.25, 0.3) is 0 Å². The summed E-state index contributed by atoms with van der Waals surface area (Å²) < 4.78 is 19.0. The number of halogens is 2. The summed E-state index contributed by atoms with van der Waals surface area (Å²) >= 11 is 6.92. The highest BCUT2D eigenvalue weighted by Gasteiger charge is 2.38. The molecule has 2 aliphatic heterocycles. The van der Waals surface area contributed by atoms with Crippen molar-refractivity contribution >= 4 is 56.0 Å². The Morgan fingerprint density at radius 3 is 2.71 bits per heavy atom. The van der Waals surface area contributed by atoms with Crippen molar-refractivity contribution in [1.29, 1.82) is 5.26 Å². The highest BCUT2D eigenvalue weighted by atomic mass is 35.5. The molecule has 1 N–H and O–H groups in total. The topological polar surface area (TPSA) is 102 Å². The van der Waals surface area contributed by atoms with Gasteiger partial charge >= 0.3 is 0 Å². The molecular weight excluding hydrogens is 593 g/mol. The van der Waals surface area contributed by atoms with Gasteiger partial charge in [-0.2, -0.15) is 5.26 Å².